The second kappa shape index (κ2) is 3.15. The van der Waals surface area contributed by atoms with Gasteiger partial charge in [0.2, 0.25) is 0 Å². The molecule has 4 nitrogen and oxygen atoms in total. The normalized spacial score (nSPS) is 20.2. The Kier molecular flexibility index (Phi) is 0.992. The Labute approximate surface area is 82.2 Å². The van der Waals surface area contributed by atoms with Gasteiger partial charge in [-0.3, -0.25) is 14.3 Å². The highest BCUT2D eigenvalue weighted by Crippen LogP contribution is 1.97. The number of hydrogen-bond donors (Lipinski definition) is 1. The Morgan fingerprint density at radius 1 is 1.67 bits per heavy atom. The van der Waals surface area contributed by atoms with Crippen LogP contribution in [0.2, 0.25) is 5.15 Å². The molecule has 0 aliphatic heterocycles. The van der Waals surface area contributed by atoms with E-state index >= 15 is 0 Å². The van der Waals surface area contributed by atoms with Gasteiger partial charge in [-0.15, -0.1) is 0 Å². The summed E-state index contributed by atoms with van der Waals surface area (Å²) in [6.07, 6.45) is 0. The van der Waals surface area contributed by atoms with Gasteiger partial charge in [0.05, 0.1) is 0 Å². The molecular formula is C7H9ClN2O2. The molecule has 0 atom stereocenters. The highest BCUT2D eigenvalue weighted by Gasteiger charge is 2.05. The average Bonchev–Trinajstić information content (AvgIpc) is 2.06. The molecule has 0 saturated heterocycles. The molecule has 1 aromatic heterocycles. The van der Waals surface area contributed by atoms with Crippen LogP contribution in [-0.4, -0.2) is 9.55 Å². The van der Waals surface area contributed by atoms with Crippen LogP contribution >= 0.6 is 11.6 Å². The summed E-state index contributed by atoms with van der Waals surface area (Å²) in [5.41, 5.74) is -2.26. The van der Waals surface area contributed by atoms with Gasteiger partial charge in [-0.05, 0) is 13.7 Å². The number of H-pyrrole nitrogens is 1. The summed E-state index contributed by atoms with van der Waals surface area (Å²) in [4.78, 5) is 25.0. The van der Waals surface area contributed by atoms with Crippen LogP contribution in [0.15, 0.2) is 15.7 Å². The zero-order valence-electron chi connectivity index (χ0n) is 11.8. The number of aromatic nitrogens is 2. The van der Waals surface area contributed by atoms with Crippen molar-refractivity contribution in [2.75, 3.05) is 0 Å². The molecule has 0 bridgehead atoms. The van der Waals surface area contributed by atoms with Gasteiger partial charge < -0.3 is 0 Å². The van der Waals surface area contributed by atoms with E-state index in [2.05, 4.69) is 0 Å². The molecule has 1 aromatic rings. The number of rotatable bonds is 1. The molecule has 1 rings (SSSR count). The molecule has 0 unspecified atom stereocenters. The van der Waals surface area contributed by atoms with Crippen molar-refractivity contribution in [3.05, 3.63) is 32.1 Å². The molecule has 0 amide bonds. The van der Waals surface area contributed by atoms with Gasteiger partial charge in [0.25, 0.3) is 5.56 Å². The van der Waals surface area contributed by atoms with Crippen molar-refractivity contribution in [1.82, 2.24) is 9.55 Å². The third kappa shape index (κ3) is 1.58. The Bertz CT molecular complexity index is 512. The van der Waals surface area contributed by atoms with Crippen molar-refractivity contribution in [3.8, 4) is 0 Å². The van der Waals surface area contributed by atoms with Gasteiger partial charge in [-0.25, -0.2) is 4.79 Å². The first-order valence-electron chi connectivity index (χ1n) is 5.96. The molecule has 0 spiro atoms. The topological polar surface area (TPSA) is 54.9 Å². The van der Waals surface area contributed by atoms with Crippen LogP contribution in [-0.2, 0) is 0 Å². The molecule has 5 heteroatoms. The predicted octanol–water partition coefficient (Wildman–Crippen LogP) is 0.771. The maximum absolute atomic E-state index is 11.6. The van der Waals surface area contributed by atoms with E-state index in [1.165, 1.54) is 0 Å². The smallest absolute Gasteiger partial charge is 0.298 e. The zero-order chi connectivity index (χ0) is 14.3. The summed E-state index contributed by atoms with van der Waals surface area (Å²) in [6, 6.07) is -1.48. The molecule has 0 radical (unpaired) electrons. The third-order valence-electron chi connectivity index (χ3n) is 1.19. The Hall–Kier alpha value is -1.03. The molecule has 0 aliphatic rings. The maximum atomic E-state index is 11.6. The lowest BCUT2D eigenvalue weighted by atomic mass is 10.4. The van der Waals surface area contributed by atoms with E-state index in [1.807, 2.05) is 4.98 Å². The highest BCUT2D eigenvalue weighted by molar-refractivity contribution is 6.29. The van der Waals surface area contributed by atoms with Crippen molar-refractivity contribution in [2.24, 2.45) is 0 Å². The van der Waals surface area contributed by atoms with Gasteiger partial charge in [0.1, 0.15) is 5.15 Å². The minimum Gasteiger partial charge on any atom is -0.298 e. The number of aromatic amines is 1. The fraction of sp³-hybridized carbons (Fsp3) is 0.429. The van der Waals surface area contributed by atoms with Crippen LogP contribution in [0.5, 0.6) is 0 Å². The van der Waals surface area contributed by atoms with Crippen molar-refractivity contribution in [3.63, 3.8) is 0 Å². The largest absolute Gasteiger partial charge is 0.329 e. The Morgan fingerprint density at radius 2 is 2.33 bits per heavy atom. The van der Waals surface area contributed by atoms with Crippen LogP contribution in [0, 0.1) is 0 Å². The molecule has 0 aliphatic carbocycles. The van der Waals surface area contributed by atoms with Crippen molar-refractivity contribution in [1.29, 1.82) is 0 Å². The van der Waals surface area contributed by atoms with Crippen molar-refractivity contribution >= 4 is 11.6 Å². The van der Waals surface area contributed by atoms with Gasteiger partial charge in [-0.2, -0.15) is 0 Å². The van der Waals surface area contributed by atoms with E-state index in [-0.39, 0.29) is 9.72 Å². The van der Waals surface area contributed by atoms with E-state index in [0.29, 0.717) is 0 Å². The lowest BCUT2D eigenvalue weighted by Gasteiger charge is -2.06. The van der Waals surface area contributed by atoms with Crippen LogP contribution in [0.25, 0.3) is 0 Å². The molecule has 12 heavy (non-hydrogen) atoms. The van der Waals surface area contributed by atoms with Gasteiger partial charge >= 0.3 is 5.69 Å². The van der Waals surface area contributed by atoms with E-state index in [0.717, 1.165) is 6.07 Å². The van der Waals surface area contributed by atoms with Crippen LogP contribution in [0.1, 0.15) is 28.0 Å². The fourth-order valence-electron chi connectivity index (χ4n) is 0.721. The molecular weight excluding hydrogens is 180 g/mol. The van der Waals surface area contributed by atoms with E-state index in [1.54, 1.807) is 0 Å². The second-order valence-electron chi connectivity index (χ2n) is 2.03. The third-order valence-corrected chi connectivity index (χ3v) is 1.39. The quantitative estimate of drug-likeness (QED) is 0.672. The van der Waals surface area contributed by atoms with Crippen LogP contribution in [0.4, 0.5) is 0 Å². The molecule has 66 valence electrons. The minimum atomic E-state index is -3.03. The summed E-state index contributed by atoms with van der Waals surface area (Å²) in [7, 11) is 0. The molecule has 0 aromatic carbocycles. The number of nitrogens with one attached hydrogen (secondary N) is 1. The fourth-order valence-corrected chi connectivity index (χ4v) is 0.895. The first-order chi connectivity index (χ1) is 7.94. The SMILES string of the molecule is [2H]C([2H])([2H])C(n1c(=O)cc(Cl)[nH]c1=O)C([2H])([2H])[2H]. The van der Waals surface area contributed by atoms with Crippen molar-refractivity contribution < 1.29 is 8.22 Å². The number of halogens is 1. The minimum absolute atomic E-state index is 0.145. The number of nitrogens with zero attached hydrogens (tertiary/aromatic N) is 1. The summed E-state index contributed by atoms with van der Waals surface area (Å²) >= 11 is 5.41. The van der Waals surface area contributed by atoms with Crippen LogP contribution in [0.3, 0.4) is 0 Å². The summed E-state index contributed by atoms with van der Waals surface area (Å²) in [6.45, 7) is -6.06. The molecule has 0 saturated carbocycles. The summed E-state index contributed by atoms with van der Waals surface area (Å²) in [5.74, 6) is 0. The predicted molar refractivity (Wildman–Crippen MR) is 46.7 cm³/mol. The molecule has 0 fully saturated rings. The van der Waals surface area contributed by atoms with Crippen LogP contribution < -0.4 is 11.2 Å². The lowest BCUT2D eigenvalue weighted by Crippen LogP contribution is -2.35. The maximum Gasteiger partial charge on any atom is 0.329 e. The average molecular weight is 195 g/mol. The molecule has 1 N–H and O–H groups in total. The van der Waals surface area contributed by atoms with Crippen molar-refractivity contribution in [2.45, 2.75) is 19.7 Å². The van der Waals surface area contributed by atoms with Gasteiger partial charge in [0, 0.05) is 20.3 Å². The first-order valence-corrected chi connectivity index (χ1v) is 3.34. The van der Waals surface area contributed by atoms with Gasteiger partial charge in [0.15, 0.2) is 0 Å². The first kappa shape index (κ1) is 3.79. The number of hydrogen-bond acceptors (Lipinski definition) is 2. The lowest BCUT2D eigenvalue weighted by molar-refractivity contribution is 0.546. The molecule has 1 heterocycles. The summed E-state index contributed by atoms with van der Waals surface area (Å²) in [5, 5.41) is -0.295. The highest BCUT2D eigenvalue weighted by atomic mass is 35.5. The second-order valence-corrected chi connectivity index (χ2v) is 2.44. The Morgan fingerprint density at radius 3 is 2.83 bits per heavy atom. The van der Waals surface area contributed by atoms with E-state index < -0.39 is 31.0 Å². The summed E-state index contributed by atoms with van der Waals surface area (Å²) < 4.78 is 43.1. The standard InChI is InChI=1S/C7H9ClN2O2/c1-4(2)10-6(11)3-5(8)9-7(10)12/h3-4H,1-2H3,(H,9,12)/i1D3,2D3. The monoisotopic (exact) mass is 194 g/mol. The van der Waals surface area contributed by atoms with E-state index in [4.69, 9.17) is 19.8 Å². The van der Waals surface area contributed by atoms with E-state index in [9.17, 15) is 9.59 Å². The zero-order valence-corrected chi connectivity index (χ0v) is 6.55. The Balaban J connectivity index is 3.61. The van der Waals surface area contributed by atoms with Gasteiger partial charge in [-0.1, -0.05) is 11.6 Å².